The molecule has 138 valence electrons. The van der Waals surface area contributed by atoms with E-state index in [-0.39, 0.29) is 42.6 Å². The monoisotopic (exact) mass is 351 g/mol. The van der Waals surface area contributed by atoms with E-state index in [2.05, 4.69) is 10.6 Å². The third-order valence-corrected chi connectivity index (χ3v) is 4.01. The highest BCUT2D eigenvalue weighted by Gasteiger charge is 2.24. The molecule has 0 spiro atoms. The minimum atomic E-state index is -0.319. The van der Waals surface area contributed by atoms with Crippen molar-refractivity contribution in [1.82, 2.24) is 15.5 Å². The average Bonchev–Trinajstić information content (AvgIpc) is 3.15. The van der Waals surface area contributed by atoms with Gasteiger partial charge in [0.05, 0.1) is 19.3 Å². The molecule has 3 amide bonds. The van der Waals surface area contributed by atoms with Crippen molar-refractivity contribution in [2.45, 2.75) is 26.2 Å². The van der Waals surface area contributed by atoms with Gasteiger partial charge >= 0.3 is 12.0 Å². The first-order valence-corrected chi connectivity index (χ1v) is 8.60. The van der Waals surface area contributed by atoms with E-state index >= 15 is 0 Å². The van der Waals surface area contributed by atoms with Crippen LogP contribution in [0.25, 0.3) is 0 Å². The smallest absolute Gasteiger partial charge is 0.317 e. The molecule has 0 bridgehead atoms. The van der Waals surface area contributed by atoms with Gasteiger partial charge in [-0.3, -0.25) is 9.59 Å². The van der Waals surface area contributed by atoms with E-state index in [1.54, 1.807) is 24.0 Å². The Labute approximate surface area is 146 Å². The minimum absolute atomic E-state index is 0.163. The lowest BCUT2D eigenvalue weighted by molar-refractivity contribution is -0.142. The van der Waals surface area contributed by atoms with Gasteiger partial charge in [0.2, 0.25) is 0 Å². The molecule has 0 aromatic carbocycles. The van der Waals surface area contributed by atoms with Gasteiger partial charge in [0, 0.05) is 26.2 Å². The van der Waals surface area contributed by atoms with Crippen LogP contribution in [0, 0.1) is 5.92 Å². The van der Waals surface area contributed by atoms with Crippen molar-refractivity contribution < 1.29 is 23.5 Å². The molecule has 1 aromatic heterocycles. The zero-order chi connectivity index (χ0) is 18.1. The number of amides is 3. The second-order valence-electron chi connectivity index (χ2n) is 5.93. The molecule has 1 fully saturated rings. The molecule has 2 rings (SSSR count). The van der Waals surface area contributed by atoms with E-state index in [1.807, 2.05) is 0 Å². The van der Waals surface area contributed by atoms with Crippen LogP contribution in [0.3, 0.4) is 0 Å². The third kappa shape index (κ3) is 6.13. The number of furan rings is 1. The van der Waals surface area contributed by atoms with E-state index in [1.165, 1.54) is 6.26 Å². The van der Waals surface area contributed by atoms with Crippen LogP contribution in [0.5, 0.6) is 0 Å². The van der Waals surface area contributed by atoms with Crippen molar-refractivity contribution >= 4 is 17.9 Å². The summed E-state index contributed by atoms with van der Waals surface area (Å²) in [6, 6.07) is 3.09. The summed E-state index contributed by atoms with van der Waals surface area (Å²) in [5.74, 6) is -0.0891. The molecular weight excluding hydrogens is 326 g/mol. The van der Waals surface area contributed by atoms with Crippen LogP contribution < -0.4 is 10.6 Å². The average molecular weight is 351 g/mol. The fraction of sp³-hybridized carbons (Fsp3) is 0.588. The summed E-state index contributed by atoms with van der Waals surface area (Å²) in [6.45, 7) is 4.08. The van der Waals surface area contributed by atoms with Gasteiger partial charge in [-0.2, -0.15) is 0 Å². The second kappa shape index (κ2) is 9.71. The number of carbonyl (C=O) groups excluding carboxylic acids is 3. The van der Waals surface area contributed by atoms with Crippen LogP contribution in [0.2, 0.25) is 0 Å². The van der Waals surface area contributed by atoms with Crippen molar-refractivity contribution in [1.29, 1.82) is 0 Å². The first kappa shape index (κ1) is 18.8. The number of carbonyl (C=O) groups is 3. The second-order valence-corrected chi connectivity index (χ2v) is 5.93. The number of esters is 1. The number of likely N-dealkylation sites (tertiary alicyclic amines) is 1. The summed E-state index contributed by atoms with van der Waals surface area (Å²) in [7, 11) is 0. The maximum atomic E-state index is 12.2. The SMILES string of the molecule is CCOC(=O)CCNC(=O)N1CCC[C@H](CNC(=O)c2ccco2)C1. The quantitative estimate of drug-likeness (QED) is 0.723. The molecule has 0 saturated carbocycles. The van der Waals surface area contributed by atoms with Crippen LogP contribution in [0.15, 0.2) is 22.8 Å². The van der Waals surface area contributed by atoms with Crippen molar-refractivity contribution in [2.24, 2.45) is 5.92 Å². The lowest BCUT2D eigenvalue weighted by Crippen LogP contribution is -2.48. The maximum Gasteiger partial charge on any atom is 0.317 e. The molecule has 0 radical (unpaired) electrons. The predicted octanol–water partition coefficient (Wildman–Crippen LogP) is 1.38. The zero-order valence-corrected chi connectivity index (χ0v) is 14.5. The summed E-state index contributed by atoms with van der Waals surface area (Å²) < 4.78 is 9.87. The Morgan fingerprint density at radius 2 is 2.20 bits per heavy atom. The lowest BCUT2D eigenvalue weighted by Gasteiger charge is -2.32. The van der Waals surface area contributed by atoms with Crippen molar-refractivity contribution in [3.63, 3.8) is 0 Å². The number of piperidine rings is 1. The summed E-state index contributed by atoms with van der Waals surface area (Å²) >= 11 is 0. The summed E-state index contributed by atoms with van der Waals surface area (Å²) in [5.41, 5.74) is 0. The number of rotatable bonds is 7. The fourth-order valence-electron chi connectivity index (χ4n) is 2.76. The van der Waals surface area contributed by atoms with Gasteiger partial charge in [0.15, 0.2) is 5.76 Å². The summed E-state index contributed by atoms with van der Waals surface area (Å²) in [4.78, 5) is 37.0. The number of nitrogens with zero attached hydrogens (tertiary/aromatic N) is 1. The summed E-state index contributed by atoms with van der Waals surface area (Å²) in [5, 5.41) is 5.57. The van der Waals surface area contributed by atoms with Gasteiger partial charge in [-0.25, -0.2) is 4.79 Å². The largest absolute Gasteiger partial charge is 0.466 e. The number of hydrogen-bond acceptors (Lipinski definition) is 5. The molecule has 1 saturated heterocycles. The van der Waals surface area contributed by atoms with Gasteiger partial charge in [-0.1, -0.05) is 0 Å². The molecule has 0 unspecified atom stereocenters. The van der Waals surface area contributed by atoms with Crippen LogP contribution in [-0.4, -0.2) is 55.6 Å². The molecule has 8 heteroatoms. The van der Waals surface area contributed by atoms with Crippen LogP contribution >= 0.6 is 0 Å². The third-order valence-electron chi connectivity index (χ3n) is 4.01. The van der Waals surface area contributed by atoms with Gasteiger partial charge in [-0.05, 0) is 37.8 Å². The highest BCUT2D eigenvalue weighted by Crippen LogP contribution is 2.16. The van der Waals surface area contributed by atoms with Gasteiger partial charge in [-0.15, -0.1) is 0 Å². The van der Waals surface area contributed by atoms with Crippen molar-refractivity contribution in [3.8, 4) is 0 Å². The van der Waals surface area contributed by atoms with Crippen molar-refractivity contribution in [2.75, 3.05) is 32.8 Å². The molecule has 25 heavy (non-hydrogen) atoms. The molecule has 2 N–H and O–H groups in total. The molecule has 0 aliphatic carbocycles. The topological polar surface area (TPSA) is 101 Å². The molecular formula is C17H25N3O5. The van der Waals surface area contributed by atoms with Crippen molar-refractivity contribution in [3.05, 3.63) is 24.2 Å². The minimum Gasteiger partial charge on any atom is -0.466 e. The Hall–Kier alpha value is -2.51. The number of nitrogens with one attached hydrogen (secondary N) is 2. The van der Waals surface area contributed by atoms with Gasteiger partial charge in [0.1, 0.15) is 0 Å². The molecule has 1 aromatic rings. The molecule has 2 heterocycles. The first-order valence-electron chi connectivity index (χ1n) is 8.60. The Morgan fingerprint density at radius 1 is 1.36 bits per heavy atom. The fourth-order valence-corrected chi connectivity index (χ4v) is 2.76. The Morgan fingerprint density at radius 3 is 2.92 bits per heavy atom. The molecule has 1 atom stereocenters. The Kier molecular flexibility index (Phi) is 7.31. The Balaban J connectivity index is 1.69. The van der Waals surface area contributed by atoms with E-state index in [4.69, 9.17) is 9.15 Å². The highest BCUT2D eigenvalue weighted by molar-refractivity contribution is 5.91. The van der Waals surface area contributed by atoms with E-state index in [0.717, 1.165) is 12.8 Å². The lowest BCUT2D eigenvalue weighted by atomic mass is 9.98. The number of urea groups is 1. The van der Waals surface area contributed by atoms with Crippen LogP contribution in [-0.2, 0) is 9.53 Å². The van der Waals surface area contributed by atoms with Gasteiger partial charge < -0.3 is 24.7 Å². The Bertz CT molecular complexity index is 573. The van der Waals surface area contributed by atoms with Crippen LogP contribution in [0.1, 0.15) is 36.7 Å². The molecule has 1 aliphatic heterocycles. The van der Waals surface area contributed by atoms with E-state index in [9.17, 15) is 14.4 Å². The van der Waals surface area contributed by atoms with Crippen LogP contribution in [0.4, 0.5) is 4.79 Å². The number of ether oxygens (including phenoxy) is 1. The standard InChI is InChI=1S/C17H25N3O5/c1-2-24-15(21)7-8-18-17(23)20-9-3-5-13(12-20)11-19-16(22)14-6-4-10-25-14/h4,6,10,13H,2-3,5,7-9,11-12H2,1H3,(H,18,23)(H,19,22)/t13-/m1/s1. The van der Waals surface area contributed by atoms with E-state index < -0.39 is 0 Å². The molecule has 8 nitrogen and oxygen atoms in total. The molecule has 1 aliphatic rings. The first-order chi connectivity index (χ1) is 12.1. The van der Waals surface area contributed by atoms with Gasteiger partial charge in [0.25, 0.3) is 5.91 Å². The zero-order valence-electron chi connectivity index (χ0n) is 14.5. The highest BCUT2D eigenvalue weighted by atomic mass is 16.5. The summed E-state index contributed by atoms with van der Waals surface area (Å²) in [6.07, 6.45) is 3.45. The van der Waals surface area contributed by atoms with E-state index in [0.29, 0.717) is 26.2 Å². The number of hydrogen-bond donors (Lipinski definition) is 2. The predicted molar refractivity (Wildman–Crippen MR) is 90.0 cm³/mol. The maximum absolute atomic E-state index is 12.2. The normalized spacial score (nSPS) is 17.0.